The number of nitrogens with one attached hydrogen (secondary N) is 1. The number of allylic oxidation sites excluding steroid dienone is 1. The normalized spacial score (nSPS) is 20.8. The van der Waals surface area contributed by atoms with Crippen molar-refractivity contribution in [1.82, 2.24) is 5.32 Å². The molecule has 0 aliphatic carbocycles. The van der Waals surface area contributed by atoms with E-state index in [2.05, 4.69) is 11.4 Å². The summed E-state index contributed by atoms with van der Waals surface area (Å²) in [7, 11) is 1.92. The number of anilines is 1. The Morgan fingerprint density at radius 3 is 3.05 bits per heavy atom. The second-order valence-corrected chi connectivity index (χ2v) is 5.57. The lowest BCUT2D eigenvalue weighted by molar-refractivity contribution is -0.139. The van der Waals surface area contributed by atoms with Crippen LogP contribution in [0.15, 0.2) is 29.6 Å². The summed E-state index contributed by atoms with van der Waals surface area (Å²) in [6, 6.07) is 7.30. The highest BCUT2D eigenvalue weighted by molar-refractivity contribution is 5.74. The first-order valence-corrected chi connectivity index (χ1v) is 7.08. The smallest absolute Gasteiger partial charge is 0.326 e. The van der Waals surface area contributed by atoms with E-state index in [4.69, 9.17) is 5.26 Å². The minimum atomic E-state index is -0.811. The minimum Gasteiger partial charge on any atom is -0.480 e. The Hall–Kier alpha value is -2.48. The lowest BCUT2D eigenvalue weighted by atomic mass is 9.94. The van der Waals surface area contributed by atoms with Gasteiger partial charge in [-0.3, -0.25) is 0 Å². The van der Waals surface area contributed by atoms with Crippen molar-refractivity contribution in [2.75, 3.05) is 11.9 Å². The SMILES string of the molecule is CN1C2=C(CCCC(C(=O)O)N2)Cc2ccc(C#N)cc21. The van der Waals surface area contributed by atoms with Crippen LogP contribution in [0.1, 0.15) is 30.4 Å². The van der Waals surface area contributed by atoms with Gasteiger partial charge in [-0.2, -0.15) is 5.26 Å². The van der Waals surface area contributed by atoms with Crippen LogP contribution in [0.5, 0.6) is 0 Å². The zero-order chi connectivity index (χ0) is 15.0. The highest BCUT2D eigenvalue weighted by Crippen LogP contribution is 2.35. The van der Waals surface area contributed by atoms with Crippen LogP contribution < -0.4 is 10.2 Å². The van der Waals surface area contributed by atoms with Crippen LogP contribution in [0, 0.1) is 11.3 Å². The van der Waals surface area contributed by atoms with Gasteiger partial charge < -0.3 is 15.3 Å². The third kappa shape index (κ3) is 2.33. The largest absolute Gasteiger partial charge is 0.480 e. The molecule has 0 fully saturated rings. The maximum atomic E-state index is 11.3. The summed E-state index contributed by atoms with van der Waals surface area (Å²) >= 11 is 0. The molecule has 1 aromatic rings. The lowest BCUT2D eigenvalue weighted by Gasteiger charge is -2.33. The van der Waals surface area contributed by atoms with E-state index in [1.54, 1.807) is 0 Å². The molecule has 21 heavy (non-hydrogen) atoms. The Morgan fingerprint density at radius 2 is 2.33 bits per heavy atom. The summed E-state index contributed by atoms with van der Waals surface area (Å²) in [6.07, 6.45) is 3.24. The van der Waals surface area contributed by atoms with E-state index in [1.165, 1.54) is 11.1 Å². The van der Waals surface area contributed by atoms with Gasteiger partial charge in [0.15, 0.2) is 0 Å². The van der Waals surface area contributed by atoms with E-state index in [1.807, 2.05) is 30.1 Å². The van der Waals surface area contributed by atoms with Crippen LogP contribution in [0.2, 0.25) is 0 Å². The first-order valence-electron chi connectivity index (χ1n) is 7.08. The summed E-state index contributed by atoms with van der Waals surface area (Å²) in [4.78, 5) is 13.3. The predicted octanol–water partition coefficient (Wildman–Crippen LogP) is 1.99. The van der Waals surface area contributed by atoms with E-state index in [0.717, 1.165) is 30.8 Å². The van der Waals surface area contributed by atoms with Crippen LogP contribution in [-0.4, -0.2) is 24.2 Å². The molecule has 0 bridgehead atoms. The molecule has 0 aromatic heterocycles. The van der Waals surface area contributed by atoms with Gasteiger partial charge >= 0.3 is 5.97 Å². The van der Waals surface area contributed by atoms with Crippen molar-refractivity contribution in [1.29, 1.82) is 5.26 Å². The first kappa shape index (κ1) is 13.5. The topological polar surface area (TPSA) is 76.4 Å². The Bertz CT molecular complexity index is 673. The fraction of sp³-hybridized carbons (Fsp3) is 0.375. The second-order valence-electron chi connectivity index (χ2n) is 5.57. The Morgan fingerprint density at radius 1 is 1.52 bits per heavy atom. The summed E-state index contributed by atoms with van der Waals surface area (Å²) in [6.45, 7) is 0. The number of carboxylic acids is 1. The van der Waals surface area contributed by atoms with Crippen molar-refractivity contribution in [2.24, 2.45) is 0 Å². The molecule has 2 N–H and O–H groups in total. The third-order valence-corrected chi connectivity index (χ3v) is 4.23. The van der Waals surface area contributed by atoms with Crippen molar-refractivity contribution in [2.45, 2.75) is 31.7 Å². The number of aliphatic carboxylic acids is 1. The molecule has 0 amide bonds. The highest BCUT2D eigenvalue weighted by Gasteiger charge is 2.29. The zero-order valence-corrected chi connectivity index (χ0v) is 11.9. The van der Waals surface area contributed by atoms with Crippen molar-refractivity contribution < 1.29 is 9.90 Å². The van der Waals surface area contributed by atoms with E-state index >= 15 is 0 Å². The number of nitrogens with zero attached hydrogens (tertiary/aromatic N) is 2. The standard InChI is InChI=1S/C16H17N3O2/c1-19-14-7-10(9-17)5-6-11(14)8-12-3-2-4-13(16(20)21)18-15(12)19/h5-7,13,18H,2-4,8H2,1H3,(H,20,21). The van der Waals surface area contributed by atoms with Gasteiger partial charge in [0.2, 0.25) is 0 Å². The van der Waals surface area contributed by atoms with Crippen molar-refractivity contribution in [3.8, 4) is 6.07 Å². The van der Waals surface area contributed by atoms with Gasteiger partial charge in [-0.25, -0.2) is 4.79 Å². The molecular weight excluding hydrogens is 266 g/mol. The molecule has 0 saturated carbocycles. The summed E-state index contributed by atoms with van der Waals surface area (Å²) in [5.41, 5.74) is 4.03. The molecule has 5 heteroatoms. The van der Waals surface area contributed by atoms with Crippen molar-refractivity contribution in [3.05, 3.63) is 40.7 Å². The van der Waals surface area contributed by atoms with Crippen LogP contribution in [0.4, 0.5) is 5.69 Å². The van der Waals surface area contributed by atoms with Crippen molar-refractivity contribution in [3.63, 3.8) is 0 Å². The molecule has 0 spiro atoms. The number of rotatable bonds is 1. The van der Waals surface area contributed by atoms with Gasteiger partial charge in [-0.1, -0.05) is 6.07 Å². The molecule has 1 unspecified atom stereocenters. The number of carbonyl (C=O) groups is 1. The maximum absolute atomic E-state index is 11.3. The summed E-state index contributed by atoms with van der Waals surface area (Å²) in [5.74, 6) is 0.0798. The van der Waals surface area contributed by atoms with E-state index in [0.29, 0.717) is 12.0 Å². The predicted molar refractivity (Wildman–Crippen MR) is 78.7 cm³/mol. The molecule has 2 heterocycles. The number of hydrogen-bond donors (Lipinski definition) is 2. The second kappa shape index (κ2) is 5.13. The van der Waals surface area contributed by atoms with Crippen LogP contribution >= 0.6 is 0 Å². The van der Waals surface area contributed by atoms with E-state index < -0.39 is 12.0 Å². The molecule has 1 atom stereocenters. The number of carboxylic acid groups (broad SMARTS) is 1. The number of nitriles is 1. The van der Waals surface area contributed by atoms with Crippen LogP contribution in [-0.2, 0) is 11.2 Å². The number of fused-ring (bicyclic) bond motifs is 1. The number of hydrogen-bond acceptors (Lipinski definition) is 4. The highest BCUT2D eigenvalue weighted by atomic mass is 16.4. The monoisotopic (exact) mass is 283 g/mol. The fourth-order valence-electron chi connectivity index (χ4n) is 3.11. The van der Waals surface area contributed by atoms with Gasteiger partial charge in [0.1, 0.15) is 11.9 Å². The molecule has 2 aliphatic rings. The van der Waals surface area contributed by atoms with Gasteiger partial charge in [-0.05, 0) is 49.0 Å². The van der Waals surface area contributed by atoms with Gasteiger partial charge in [0, 0.05) is 12.7 Å². The first-order chi connectivity index (χ1) is 10.1. The minimum absolute atomic E-state index is 0.541. The van der Waals surface area contributed by atoms with Crippen LogP contribution in [0.3, 0.4) is 0 Å². The third-order valence-electron chi connectivity index (χ3n) is 4.23. The summed E-state index contributed by atoms with van der Waals surface area (Å²) in [5, 5.41) is 21.5. The molecule has 5 nitrogen and oxygen atoms in total. The molecule has 0 saturated heterocycles. The average Bonchev–Trinajstić information content (AvgIpc) is 2.70. The maximum Gasteiger partial charge on any atom is 0.326 e. The number of benzene rings is 1. The molecule has 2 aliphatic heterocycles. The molecule has 1 aromatic carbocycles. The quantitative estimate of drug-likeness (QED) is 0.824. The van der Waals surface area contributed by atoms with E-state index in [9.17, 15) is 9.90 Å². The molecule has 3 rings (SSSR count). The fourth-order valence-corrected chi connectivity index (χ4v) is 3.11. The lowest BCUT2D eigenvalue weighted by Crippen LogP contribution is -2.42. The molecular formula is C16H17N3O2. The Balaban J connectivity index is 1.99. The van der Waals surface area contributed by atoms with Crippen LogP contribution in [0.25, 0.3) is 0 Å². The Labute approximate surface area is 123 Å². The zero-order valence-electron chi connectivity index (χ0n) is 11.9. The van der Waals surface area contributed by atoms with E-state index in [-0.39, 0.29) is 0 Å². The Kier molecular flexibility index (Phi) is 3.30. The van der Waals surface area contributed by atoms with Crippen molar-refractivity contribution >= 4 is 11.7 Å². The summed E-state index contributed by atoms with van der Waals surface area (Å²) < 4.78 is 0. The van der Waals surface area contributed by atoms with Gasteiger partial charge in [0.25, 0.3) is 0 Å². The molecule has 0 radical (unpaired) electrons. The van der Waals surface area contributed by atoms with Gasteiger partial charge in [-0.15, -0.1) is 0 Å². The molecule has 108 valence electrons. The average molecular weight is 283 g/mol. The van der Waals surface area contributed by atoms with Gasteiger partial charge in [0.05, 0.1) is 11.6 Å².